The van der Waals surface area contributed by atoms with Crippen LogP contribution in [0.25, 0.3) is 0 Å². The van der Waals surface area contributed by atoms with Gasteiger partial charge in [-0.3, -0.25) is 9.59 Å². The first-order valence-electron chi connectivity index (χ1n) is 12.1. The summed E-state index contributed by atoms with van der Waals surface area (Å²) >= 11 is 0. The minimum atomic E-state index is -0.532. The lowest BCUT2D eigenvalue weighted by Crippen LogP contribution is -2.42. The van der Waals surface area contributed by atoms with Gasteiger partial charge in [0, 0.05) is 44.4 Å². The SMILES string of the molecule is COCCN(CC(=O)N1N=C(c2cccn2C)C[C@H]1c1cc(OC)ccc1OC)C(=O)c1cccc(F)c1. The zero-order valence-corrected chi connectivity index (χ0v) is 21.9. The molecule has 0 N–H and O–H groups in total. The number of aromatic nitrogens is 1. The van der Waals surface area contributed by atoms with E-state index in [1.807, 2.05) is 36.0 Å². The second-order valence-corrected chi connectivity index (χ2v) is 8.85. The van der Waals surface area contributed by atoms with Crippen molar-refractivity contribution in [1.82, 2.24) is 14.5 Å². The normalized spacial score (nSPS) is 14.8. The third-order valence-corrected chi connectivity index (χ3v) is 6.45. The molecule has 2 heterocycles. The Balaban J connectivity index is 1.69. The van der Waals surface area contributed by atoms with Crippen molar-refractivity contribution in [3.05, 3.63) is 83.4 Å². The van der Waals surface area contributed by atoms with Gasteiger partial charge in [-0.1, -0.05) is 6.07 Å². The van der Waals surface area contributed by atoms with E-state index < -0.39 is 23.7 Å². The smallest absolute Gasteiger partial charge is 0.262 e. The van der Waals surface area contributed by atoms with Gasteiger partial charge >= 0.3 is 0 Å². The van der Waals surface area contributed by atoms with E-state index in [-0.39, 0.29) is 25.3 Å². The number of amides is 2. The van der Waals surface area contributed by atoms with Crippen molar-refractivity contribution in [2.45, 2.75) is 12.5 Å². The molecule has 0 fully saturated rings. The fourth-order valence-corrected chi connectivity index (χ4v) is 4.49. The van der Waals surface area contributed by atoms with E-state index >= 15 is 0 Å². The highest BCUT2D eigenvalue weighted by atomic mass is 19.1. The fourth-order valence-electron chi connectivity index (χ4n) is 4.49. The minimum absolute atomic E-state index is 0.146. The number of ether oxygens (including phenoxy) is 3. The van der Waals surface area contributed by atoms with Crippen LogP contribution >= 0.6 is 0 Å². The van der Waals surface area contributed by atoms with Crippen LogP contribution in [-0.2, 0) is 16.6 Å². The van der Waals surface area contributed by atoms with Crippen molar-refractivity contribution in [2.75, 3.05) is 41.0 Å². The molecule has 0 bridgehead atoms. The van der Waals surface area contributed by atoms with Crippen molar-refractivity contribution in [1.29, 1.82) is 0 Å². The molecule has 0 unspecified atom stereocenters. The van der Waals surface area contributed by atoms with Gasteiger partial charge in [-0.05, 0) is 48.5 Å². The van der Waals surface area contributed by atoms with Gasteiger partial charge in [0.2, 0.25) is 0 Å². The van der Waals surface area contributed by atoms with E-state index in [0.717, 1.165) is 23.0 Å². The summed E-state index contributed by atoms with van der Waals surface area (Å²) in [7, 11) is 6.55. The third kappa shape index (κ3) is 5.70. The predicted octanol–water partition coefficient (Wildman–Crippen LogP) is 3.65. The molecule has 1 aliphatic rings. The third-order valence-electron chi connectivity index (χ3n) is 6.45. The summed E-state index contributed by atoms with van der Waals surface area (Å²) in [6.45, 7) is 0.0811. The average molecular weight is 523 g/mol. The molecule has 3 aromatic rings. The number of nitrogens with zero attached hydrogens (tertiary/aromatic N) is 4. The highest BCUT2D eigenvalue weighted by Gasteiger charge is 2.37. The highest BCUT2D eigenvalue weighted by molar-refractivity contribution is 6.03. The summed E-state index contributed by atoms with van der Waals surface area (Å²) in [5.74, 6) is -0.205. The average Bonchev–Trinajstić information content (AvgIpc) is 3.56. The second kappa shape index (κ2) is 11.9. The first kappa shape index (κ1) is 26.9. The van der Waals surface area contributed by atoms with Crippen LogP contribution in [0.1, 0.15) is 34.1 Å². The van der Waals surface area contributed by atoms with Gasteiger partial charge in [-0.15, -0.1) is 0 Å². The Kier molecular flexibility index (Phi) is 8.42. The molecule has 0 aliphatic carbocycles. The van der Waals surface area contributed by atoms with E-state index in [1.165, 1.54) is 35.2 Å². The molecule has 1 aromatic heterocycles. The first-order valence-corrected chi connectivity index (χ1v) is 12.1. The summed E-state index contributed by atoms with van der Waals surface area (Å²) in [6, 6.07) is 14.1. The Hall–Kier alpha value is -4.18. The van der Waals surface area contributed by atoms with Crippen molar-refractivity contribution in [3.63, 3.8) is 0 Å². The molecule has 0 saturated heterocycles. The van der Waals surface area contributed by atoms with Crippen LogP contribution in [0.15, 0.2) is 65.9 Å². The molecule has 38 heavy (non-hydrogen) atoms. The lowest BCUT2D eigenvalue weighted by Gasteiger charge is -2.27. The maximum Gasteiger partial charge on any atom is 0.262 e. The molecule has 200 valence electrons. The molecule has 2 aromatic carbocycles. The van der Waals surface area contributed by atoms with Crippen LogP contribution in [0.4, 0.5) is 4.39 Å². The Morgan fingerprint density at radius 2 is 1.89 bits per heavy atom. The summed E-state index contributed by atoms with van der Waals surface area (Å²) in [4.78, 5) is 28.4. The molecule has 0 saturated carbocycles. The van der Waals surface area contributed by atoms with Crippen molar-refractivity contribution in [3.8, 4) is 11.5 Å². The van der Waals surface area contributed by atoms with Crippen LogP contribution in [0.3, 0.4) is 0 Å². The Morgan fingerprint density at radius 1 is 1.08 bits per heavy atom. The predicted molar refractivity (Wildman–Crippen MR) is 140 cm³/mol. The number of hydrogen-bond donors (Lipinski definition) is 0. The largest absolute Gasteiger partial charge is 0.497 e. The molecule has 0 spiro atoms. The Labute approximate surface area is 221 Å². The number of methoxy groups -OCH3 is 3. The fraction of sp³-hybridized carbons (Fsp3) is 0.321. The van der Waals surface area contributed by atoms with E-state index in [4.69, 9.17) is 19.3 Å². The monoisotopic (exact) mass is 522 g/mol. The van der Waals surface area contributed by atoms with Crippen LogP contribution in [0, 0.1) is 5.82 Å². The second-order valence-electron chi connectivity index (χ2n) is 8.85. The number of hydrogen-bond acceptors (Lipinski definition) is 6. The lowest BCUT2D eigenvalue weighted by molar-refractivity contribution is -0.133. The molecule has 1 aliphatic heterocycles. The molecule has 1 atom stereocenters. The molecule has 10 heteroatoms. The number of rotatable bonds is 10. The standard InChI is InChI=1S/C28H31FN4O5/c1-31-12-6-9-24(31)23-17-25(22-16-21(37-3)10-11-26(22)38-4)33(30-23)27(34)18-32(13-14-36-2)28(35)19-7-5-8-20(29)15-19/h5-12,15-16,25H,13-14,17-18H2,1-4H3/t25-/m0/s1. The lowest BCUT2D eigenvalue weighted by atomic mass is 9.99. The molecule has 9 nitrogen and oxygen atoms in total. The van der Waals surface area contributed by atoms with Crippen LogP contribution in [0.2, 0.25) is 0 Å². The summed E-state index contributed by atoms with van der Waals surface area (Å²) in [5.41, 5.74) is 2.47. The van der Waals surface area contributed by atoms with Gasteiger partial charge in [0.15, 0.2) is 0 Å². The number of carbonyl (C=O) groups is 2. The minimum Gasteiger partial charge on any atom is -0.497 e. The maximum absolute atomic E-state index is 13.8. The summed E-state index contributed by atoms with van der Waals surface area (Å²) in [6.07, 6.45) is 2.34. The Bertz CT molecular complexity index is 1340. The van der Waals surface area contributed by atoms with E-state index in [9.17, 15) is 14.0 Å². The number of halogens is 1. The van der Waals surface area contributed by atoms with Crippen molar-refractivity contribution < 1.29 is 28.2 Å². The highest BCUT2D eigenvalue weighted by Crippen LogP contribution is 2.39. The van der Waals surface area contributed by atoms with Crippen LogP contribution in [-0.4, -0.2) is 73.0 Å². The zero-order chi connectivity index (χ0) is 27.2. The van der Waals surface area contributed by atoms with Gasteiger partial charge < -0.3 is 23.7 Å². The molecule has 0 radical (unpaired) electrons. The van der Waals surface area contributed by atoms with Gasteiger partial charge in [0.05, 0.1) is 38.3 Å². The molecular weight excluding hydrogens is 491 g/mol. The van der Waals surface area contributed by atoms with E-state index in [1.54, 1.807) is 26.4 Å². The number of hydrazone groups is 1. The summed E-state index contributed by atoms with van der Waals surface area (Å²) in [5, 5.41) is 6.11. The topological polar surface area (TPSA) is 85.6 Å². The van der Waals surface area contributed by atoms with Gasteiger partial charge in [0.1, 0.15) is 23.9 Å². The first-order chi connectivity index (χ1) is 18.4. The van der Waals surface area contributed by atoms with Gasteiger partial charge in [0.25, 0.3) is 11.8 Å². The number of carbonyl (C=O) groups excluding carboxylic acids is 2. The molecular formula is C28H31FN4O5. The summed E-state index contributed by atoms with van der Waals surface area (Å²) < 4.78 is 32.0. The zero-order valence-electron chi connectivity index (χ0n) is 21.9. The maximum atomic E-state index is 13.8. The van der Waals surface area contributed by atoms with Crippen molar-refractivity contribution >= 4 is 17.5 Å². The van der Waals surface area contributed by atoms with Crippen molar-refractivity contribution in [2.24, 2.45) is 12.1 Å². The molecule has 4 rings (SSSR count). The van der Waals surface area contributed by atoms with E-state index in [0.29, 0.717) is 17.9 Å². The number of benzene rings is 2. The molecule has 2 amide bonds. The van der Waals surface area contributed by atoms with Gasteiger partial charge in [-0.2, -0.15) is 5.10 Å². The van der Waals surface area contributed by atoms with Crippen LogP contribution < -0.4 is 9.47 Å². The number of aryl methyl sites for hydroxylation is 1. The van der Waals surface area contributed by atoms with Crippen LogP contribution in [0.5, 0.6) is 11.5 Å². The van der Waals surface area contributed by atoms with Gasteiger partial charge in [-0.25, -0.2) is 9.40 Å². The quantitative estimate of drug-likeness (QED) is 0.406. The Morgan fingerprint density at radius 3 is 2.55 bits per heavy atom. The van der Waals surface area contributed by atoms with E-state index in [2.05, 4.69) is 0 Å².